The lowest BCUT2D eigenvalue weighted by molar-refractivity contribution is 1.12. The van der Waals surface area contributed by atoms with Crippen molar-refractivity contribution in [2.24, 2.45) is 0 Å². The van der Waals surface area contributed by atoms with Gasteiger partial charge < -0.3 is 24.0 Å². The van der Waals surface area contributed by atoms with Crippen LogP contribution in [0.2, 0.25) is 0 Å². The lowest BCUT2D eigenvalue weighted by Gasteiger charge is -2.23. The molecule has 14 rings (SSSR count). The molecule has 0 bridgehead atoms. The summed E-state index contributed by atoms with van der Waals surface area (Å²) in [4.78, 5) is 0. The second kappa shape index (κ2) is 14.1. The highest BCUT2D eigenvalue weighted by Crippen LogP contribution is 2.46. The Hall–Kier alpha value is -9.31. The molecule has 0 aliphatic carbocycles. The highest BCUT2D eigenvalue weighted by atomic mass is 15.0. The molecule has 6 heteroatoms. The van der Waals surface area contributed by atoms with Gasteiger partial charge in [0.25, 0.3) is 0 Å². The Morgan fingerprint density at radius 3 is 0.821 bits per heavy atom. The topological polar surface area (TPSA) is 69.5 Å². The summed E-state index contributed by atoms with van der Waals surface area (Å²) in [5.74, 6) is 0. The predicted octanol–water partition coefficient (Wildman–Crippen LogP) is 15.2. The maximum absolute atomic E-state index is 11.5. The van der Waals surface area contributed by atoms with Crippen LogP contribution in [0, 0.1) is 11.3 Å². The van der Waals surface area contributed by atoms with E-state index in [1.165, 1.54) is 0 Å². The van der Waals surface area contributed by atoms with E-state index in [1.54, 1.807) is 0 Å². The molecule has 0 spiro atoms. The monoisotopic (exact) mass is 854 g/mol. The molecular formula is C61H38N6. The molecule has 0 unspecified atom stereocenters. The van der Waals surface area contributed by atoms with Crippen molar-refractivity contribution >= 4 is 92.9 Å². The lowest BCUT2D eigenvalue weighted by Crippen LogP contribution is -2.08. The molecule has 2 N–H and O–H groups in total. The van der Waals surface area contributed by atoms with Gasteiger partial charge in [0.1, 0.15) is 6.07 Å². The van der Waals surface area contributed by atoms with Crippen molar-refractivity contribution in [2.75, 3.05) is 5.73 Å². The van der Waals surface area contributed by atoms with Gasteiger partial charge in [-0.05, 0) is 72.8 Å². The zero-order valence-electron chi connectivity index (χ0n) is 36.1. The van der Waals surface area contributed by atoms with Crippen LogP contribution < -0.4 is 5.73 Å². The Morgan fingerprint density at radius 2 is 0.522 bits per heavy atom. The molecular weight excluding hydrogens is 817 g/mol. The number of rotatable bonds is 5. The van der Waals surface area contributed by atoms with Crippen LogP contribution in [0.5, 0.6) is 0 Å². The quantitative estimate of drug-likeness (QED) is 0.175. The zero-order valence-corrected chi connectivity index (χ0v) is 36.1. The Bertz CT molecular complexity index is 4220. The van der Waals surface area contributed by atoms with Crippen LogP contribution in [0.4, 0.5) is 5.69 Å². The van der Waals surface area contributed by atoms with Gasteiger partial charge in [0.05, 0.1) is 78.1 Å². The largest absolute Gasteiger partial charge is 0.397 e. The maximum atomic E-state index is 11.5. The van der Waals surface area contributed by atoms with Crippen molar-refractivity contribution in [3.05, 3.63) is 224 Å². The van der Waals surface area contributed by atoms with Gasteiger partial charge in [0.2, 0.25) is 0 Å². The van der Waals surface area contributed by atoms with Gasteiger partial charge in [0, 0.05) is 54.2 Å². The van der Waals surface area contributed by atoms with E-state index in [9.17, 15) is 5.26 Å². The molecule has 6 nitrogen and oxygen atoms in total. The number of aromatic nitrogens is 4. The smallest absolute Gasteiger partial charge is 0.101 e. The maximum Gasteiger partial charge on any atom is 0.101 e. The minimum absolute atomic E-state index is 0.546. The number of nitrogen functional groups attached to an aromatic ring is 1. The summed E-state index contributed by atoms with van der Waals surface area (Å²) >= 11 is 0. The molecule has 0 saturated carbocycles. The van der Waals surface area contributed by atoms with Crippen LogP contribution in [0.25, 0.3) is 121 Å². The Kier molecular flexibility index (Phi) is 7.80. The fourth-order valence-corrected chi connectivity index (χ4v) is 11.2. The van der Waals surface area contributed by atoms with Crippen molar-refractivity contribution in [3.63, 3.8) is 0 Å². The molecule has 0 atom stereocenters. The van der Waals surface area contributed by atoms with Gasteiger partial charge in [0.15, 0.2) is 0 Å². The first kappa shape index (κ1) is 37.1. The van der Waals surface area contributed by atoms with Crippen LogP contribution in [0.15, 0.2) is 218 Å². The highest BCUT2D eigenvalue weighted by Gasteiger charge is 2.26. The van der Waals surface area contributed by atoms with Gasteiger partial charge in [-0.1, -0.05) is 146 Å². The Balaban J connectivity index is 1.17. The average molecular weight is 855 g/mol. The first-order chi connectivity index (χ1) is 33.2. The number of nitrogens with zero attached hydrogens (tertiary/aromatic N) is 5. The van der Waals surface area contributed by atoms with Crippen molar-refractivity contribution in [1.82, 2.24) is 18.3 Å². The van der Waals surface area contributed by atoms with E-state index in [2.05, 4.69) is 243 Å². The summed E-state index contributed by atoms with van der Waals surface area (Å²) in [6.45, 7) is 0. The third kappa shape index (κ3) is 5.19. The van der Waals surface area contributed by atoms with Crippen molar-refractivity contribution < 1.29 is 0 Å². The van der Waals surface area contributed by atoms with E-state index in [4.69, 9.17) is 5.73 Å². The van der Waals surface area contributed by atoms with E-state index < -0.39 is 0 Å². The lowest BCUT2D eigenvalue weighted by atomic mass is 9.96. The van der Waals surface area contributed by atoms with Crippen LogP contribution in [0.1, 0.15) is 5.56 Å². The fraction of sp³-hybridized carbons (Fsp3) is 0. The summed E-state index contributed by atoms with van der Waals surface area (Å²) in [6, 6.07) is 80.0. The number of fused-ring (bicyclic) bond motifs is 12. The number of nitriles is 1. The van der Waals surface area contributed by atoms with E-state index in [0.29, 0.717) is 11.3 Å². The van der Waals surface area contributed by atoms with Crippen LogP contribution in [-0.4, -0.2) is 18.3 Å². The van der Waals surface area contributed by atoms with E-state index >= 15 is 0 Å². The average Bonchev–Trinajstić information content (AvgIpc) is 4.11. The second-order valence-electron chi connectivity index (χ2n) is 17.4. The van der Waals surface area contributed by atoms with E-state index in [-0.39, 0.29) is 0 Å². The van der Waals surface area contributed by atoms with Crippen LogP contribution in [-0.2, 0) is 0 Å². The number of anilines is 1. The normalized spacial score (nSPS) is 11.9. The molecule has 10 aromatic carbocycles. The molecule has 4 heterocycles. The Morgan fingerprint density at radius 1 is 0.284 bits per heavy atom. The van der Waals surface area contributed by atoms with Gasteiger partial charge in [-0.2, -0.15) is 5.26 Å². The van der Waals surface area contributed by atoms with Gasteiger partial charge in [-0.15, -0.1) is 0 Å². The summed E-state index contributed by atoms with van der Waals surface area (Å²) in [5, 5.41) is 20.6. The Labute approximate surface area is 384 Å². The molecule has 14 aromatic rings. The number of hydrogen-bond donors (Lipinski definition) is 1. The molecule has 0 aliphatic rings. The first-order valence-electron chi connectivity index (χ1n) is 22.6. The standard InChI is InChI=1S/C61H38N6/c62-37-38-33-47(59(65-52-27-11-3-19-41(52)42-20-4-12-28-53(42)65)35-58(38)64-50-25-9-1-17-39(50)40-18-2-10-26-51(40)64)48-34-49(63)61(67-56-31-15-7-23-45(56)46-24-8-16-32-57(46)67)36-60(48)66-54-29-13-5-21-43(54)44-22-6-14-30-55(44)66/h1-36H,63H2. The SMILES string of the molecule is N#Cc1cc(-c2cc(N)c(-n3c4ccccc4c4ccccc43)cc2-n2c3ccccc3c3ccccc32)c(-n2c3ccccc3c3ccccc32)cc1-n1c2ccccc2c2ccccc21. The molecule has 67 heavy (non-hydrogen) atoms. The van der Waals surface area contributed by atoms with E-state index in [0.717, 1.165) is 121 Å². The molecule has 0 saturated heterocycles. The minimum atomic E-state index is 0.546. The van der Waals surface area contributed by atoms with Gasteiger partial charge >= 0.3 is 0 Å². The molecule has 4 aromatic heterocycles. The van der Waals surface area contributed by atoms with Crippen LogP contribution in [0.3, 0.4) is 0 Å². The number of hydrogen-bond acceptors (Lipinski definition) is 2. The third-order valence-corrected chi connectivity index (χ3v) is 14.0. The first-order valence-corrected chi connectivity index (χ1v) is 22.6. The summed E-state index contributed by atoms with van der Waals surface area (Å²) in [6.07, 6.45) is 0. The minimum Gasteiger partial charge on any atom is -0.397 e. The molecule has 0 aliphatic heterocycles. The van der Waals surface area contributed by atoms with E-state index in [1.807, 2.05) is 0 Å². The van der Waals surface area contributed by atoms with Gasteiger partial charge in [-0.3, -0.25) is 0 Å². The summed E-state index contributed by atoms with van der Waals surface area (Å²) < 4.78 is 9.34. The second-order valence-corrected chi connectivity index (χ2v) is 17.4. The van der Waals surface area contributed by atoms with Crippen molar-refractivity contribution in [2.45, 2.75) is 0 Å². The number of para-hydroxylation sites is 8. The van der Waals surface area contributed by atoms with Crippen molar-refractivity contribution in [1.29, 1.82) is 5.26 Å². The van der Waals surface area contributed by atoms with Crippen molar-refractivity contribution in [3.8, 4) is 39.9 Å². The zero-order chi connectivity index (χ0) is 44.3. The summed E-state index contributed by atoms with van der Waals surface area (Å²) in [5.41, 5.74) is 22.5. The molecule has 0 fully saturated rings. The summed E-state index contributed by atoms with van der Waals surface area (Å²) in [7, 11) is 0. The predicted molar refractivity (Wildman–Crippen MR) is 278 cm³/mol. The number of nitrogens with two attached hydrogens (primary N) is 1. The van der Waals surface area contributed by atoms with Gasteiger partial charge in [-0.25, -0.2) is 0 Å². The molecule has 0 amide bonds. The fourth-order valence-electron chi connectivity index (χ4n) is 11.2. The van der Waals surface area contributed by atoms with Crippen LogP contribution >= 0.6 is 0 Å². The number of benzene rings is 10. The highest BCUT2D eigenvalue weighted by molar-refractivity contribution is 6.14. The third-order valence-electron chi connectivity index (χ3n) is 14.0. The molecule has 312 valence electrons. The molecule has 0 radical (unpaired) electrons.